The van der Waals surface area contributed by atoms with Crippen LogP contribution in [0.1, 0.15) is 25.7 Å². The molecule has 0 spiro atoms. The van der Waals surface area contributed by atoms with Gasteiger partial charge in [-0.15, -0.1) is 0 Å². The Labute approximate surface area is 81.8 Å². The molecule has 0 aromatic heterocycles. The third-order valence-corrected chi connectivity index (χ3v) is 2.25. The zero-order valence-electron chi connectivity index (χ0n) is 8.07. The van der Waals surface area contributed by atoms with Crippen LogP contribution in [-0.2, 0) is 4.74 Å². The number of halogens is 3. The van der Waals surface area contributed by atoms with E-state index in [4.69, 9.17) is 4.74 Å². The summed E-state index contributed by atoms with van der Waals surface area (Å²) < 4.78 is 40.4. The quantitative estimate of drug-likeness (QED) is 0.703. The number of hydrogen-bond acceptors (Lipinski definition) is 2. The Morgan fingerprint density at radius 1 is 1.29 bits per heavy atom. The molecule has 84 valence electrons. The van der Waals surface area contributed by atoms with Gasteiger partial charge in [-0.05, 0) is 25.8 Å². The summed E-state index contributed by atoms with van der Waals surface area (Å²) in [6.45, 7) is 2.11. The first-order valence-electron chi connectivity index (χ1n) is 4.96. The van der Waals surface area contributed by atoms with E-state index >= 15 is 0 Å². The molecule has 1 N–H and O–H groups in total. The van der Waals surface area contributed by atoms with Gasteiger partial charge in [0.25, 0.3) is 0 Å². The van der Waals surface area contributed by atoms with Gasteiger partial charge in [-0.2, -0.15) is 13.2 Å². The van der Waals surface area contributed by atoms with Crippen molar-refractivity contribution in [3.63, 3.8) is 0 Å². The number of alkyl halides is 3. The zero-order valence-corrected chi connectivity index (χ0v) is 8.07. The summed E-state index contributed by atoms with van der Waals surface area (Å²) in [6.07, 6.45) is -2.91. The molecule has 1 aliphatic heterocycles. The molecule has 0 radical (unpaired) electrons. The van der Waals surface area contributed by atoms with Crippen LogP contribution in [0.2, 0.25) is 0 Å². The van der Waals surface area contributed by atoms with Gasteiger partial charge in [-0.3, -0.25) is 0 Å². The maximum absolute atomic E-state index is 11.7. The van der Waals surface area contributed by atoms with Gasteiger partial charge in [0.15, 0.2) is 0 Å². The average Bonchev–Trinajstić information content (AvgIpc) is 2.54. The maximum Gasteiger partial charge on any atom is 0.389 e. The maximum atomic E-state index is 11.7. The predicted octanol–water partition coefficient (Wildman–Crippen LogP) is 2.10. The van der Waals surface area contributed by atoms with E-state index in [9.17, 15) is 13.2 Å². The second-order valence-electron chi connectivity index (χ2n) is 3.59. The molecular weight excluding hydrogens is 195 g/mol. The number of rotatable bonds is 5. The Morgan fingerprint density at radius 2 is 2.07 bits per heavy atom. The molecule has 1 heterocycles. The van der Waals surface area contributed by atoms with E-state index in [1.807, 2.05) is 0 Å². The molecule has 0 amide bonds. The molecule has 0 aliphatic carbocycles. The fraction of sp³-hybridized carbons (Fsp3) is 1.00. The van der Waals surface area contributed by atoms with Crippen molar-refractivity contribution in [1.29, 1.82) is 0 Å². The summed E-state index contributed by atoms with van der Waals surface area (Å²) in [5.41, 5.74) is 0. The summed E-state index contributed by atoms with van der Waals surface area (Å²) >= 11 is 0. The lowest BCUT2D eigenvalue weighted by molar-refractivity contribution is -0.135. The summed E-state index contributed by atoms with van der Waals surface area (Å²) in [7, 11) is 0. The molecule has 1 saturated heterocycles. The van der Waals surface area contributed by atoms with Gasteiger partial charge in [0.1, 0.15) is 0 Å². The number of hydrogen-bond donors (Lipinski definition) is 1. The SMILES string of the molecule is FC(F)(F)CCCCNC1CCOC1. The molecule has 0 saturated carbocycles. The number of nitrogens with one attached hydrogen (secondary N) is 1. The lowest BCUT2D eigenvalue weighted by Crippen LogP contribution is -2.30. The predicted molar refractivity (Wildman–Crippen MR) is 47.1 cm³/mol. The van der Waals surface area contributed by atoms with E-state index in [0.29, 0.717) is 25.6 Å². The fourth-order valence-corrected chi connectivity index (χ4v) is 1.45. The molecule has 1 unspecified atom stereocenters. The van der Waals surface area contributed by atoms with Gasteiger partial charge < -0.3 is 10.1 Å². The summed E-state index contributed by atoms with van der Waals surface area (Å²) in [6, 6.07) is 0.348. The first-order valence-corrected chi connectivity index (χ1v) is 4.96. The van der Waals surface area contributed by atoms with Crippen LogP contribution in [0.15, 0.2) is 0 Å². The smallest absolute Gasteiger partial charge is 0.380 e. The molecule has 2 nitrogen and oxygen atoms in total. The normalized spacial score (nSPS) is 22.9. The molecule has 1 rings (SSSR count). The second-order valence-corrected chi connectivity index (χ2v) is 3.59. The van der Waals surface area contributed by atoms with Crippen molar-refractivity contribution in [2.24, 2.45) is 0 Å². The van der Waals surface area contributed by atoms with Crippen molar-refractivity contribution in [2.45, 2.75) is 37.9 Å². The lowest BCUT2D eigenvalue weighted by Gasteiger charge is -2.10. The average molecular weight is 211 g/mol. The van der Waals surface area contributed by atoms with E-state index in [1.165, 1.54) is 0 Å². The van der Waals surface area contributed by atoms with Crippen molar-refractivity contribution in [1.82, 2.24) is 5.32 Å². The van der Waals surface area contributed by atoms with E-state index < -0.39 is 12.6 Å². The minimum atomic E-state index is -4.00. The Kier molecular flexibility index (Phi) is 4.68. The lowest BCUT2D eigenvalue weighted by atomic mass is 10.2. The minimum Gasteiger partial charge on any atom is -0.380 e. The van der Waals surface area contributed by atoms with Crippen LogP contribution in [0.3, 0.4) is 0 Å². The van der Waals surface area contributed by atoms with Gasteiger partial charge in [0, 0.05) is 19.1 Å². The molecule has 14 heavy (non-hydrogen) atoms. The standard InChI is InChI=1S/C9H16F3NO/c10-9(11,12)4-1-2-5-13-8-3-6-14-7-8/h8,13H,1-7H2. The molecule has 5 heteroatoms. The van der Waals surface area contributed by atoms with Gasteiger partial charge in [0.05, 0.1) is 6.61 Å². The van der Waals surface area contributed by atoms with Crippen LogP contribution in [0.5, 0.6) is 0 Å². The van der Waals surface area contributed by atoms with E-state index in [0.717, 1.165) is 13.0 Å². The zero-order chi connectivity index (χ0) is 10.4. The van der Waals surface area contributed by atoms with Gasteiger partial charge in [-0.1, -0.05) is 0 Å². The topological polar surface area (TPSA) is 21.3 Å². The van der Waals surface area contributed by atoms with Crippen molar-refractivity contribution in [3.05, 3.63) is 0 Å². The minimum absolute atomic E-state index is 0.212. The Balaban J connectivity index is 1.89. The third kappa shape index (κ3) is 5.44. The first-order chi connectivity index (χ1) is 6.58. The Morgan fingerprint density at radius 3 is 2.64 bits per heavy atom. The molecule has 0 aromatic rings. The van der Waals surface area contributed by atoms with Crippen LogP contribution >= 0.6 is 0 Å². The van der Waals surface area contributed by atoms with Gasteiger partial charge in [-0.25, -0.2) is 0 Å². The highest BCUT2D eigenvalue weighted by Gasteiger charge is 2.25. The molecule has 0 bridgehead atoms. The van der Waals surface area contributed by atoms with Crippen LogP contribution < -0.4 is 5.32 Å². The summed E-state index contributed by atoms with van der Waals surface area (Å²) in [5.74, 6) is 0. The Bertz CT molecular complexity index is 155. The molecule has 1 atom stereocenters. The van der Waals surface area contributed by atoms with E-state index in [1.54, 1.807) is 0 Å². The van der Waals surface area contributed by atoms with Crippen molar-refractivity contribution in [3.8, 4) is 0 Å². The molecule has 0 aromatic carbocycles. The summed E-state index contributed by atoms with van der Waals surface area (Å²) in [4.78, 5) is 0. The molecular formula is C9H16F3NO. The second kappa shape index (κ2) is 5.56. The van der Waals surface area contributed by atoms with E-state index in [2.05, 4.69) is 5.32 Å². The van der Waals surface area contributed by atoms with Crippen LogP contribution in [0.25, 0.3) is 0 Å². The highest BCUT2D eigenvalue weighted by molar-refractivity contribution is 4.70. The van der Waals surface area contributed by atoms with E-state index in [-0.39, 0.29) is 6.42 Å². The van der Waals surface area contributed by atoms with Crippen molar-refractivity contribution >= 4 is 0 Å². The van der Waals surface area contributed by atoms with Crippen molar-refractivity contribution in [2.75, 3.05) is 19.8 Å². The number of ether oxygens (including phenoxy) is 1. The monoisotopic (exact) mass is 211 g/mol. The van der Waals surface area contributed by atoms with Crippen LogP contribution in [0, 0.1) is 0 Å². The largest absolute Gasteiger partial charge is 0.389 e. The van der Waals surface area contributed by atoms with Crippen LogP contribution in [0.4, 0.5) is 13.2 Å². The third-order valence-electron chi connectivity index (χ3n) is 2.25. The molecule has 1 aliphatic rings. The molecule has 1 fully saturated rings. The highest BCUT2D eigenvalue weighted by Crippen LogP contribution is 2.21. The van der Waals surface area contributed by atoms with Crippen molar-refractivity contribution < 1.29 is 17.9 Å². The summed E-state index contributed by atoms with van der Waals surface area (Å²) in [5, 5.41) is 3.18. The van der Waals surface area contributed by atoms with Gasteiger partial charge in [0.2, 0.25) is 0 Å². The van der Waals surface area contributed by atoms with Crippen LogP contribution in [-0.4, -0.2) is 32.0 Å². The number of unbranched alkanes of at least 4 members (excludes halogenated alkanes) is 1. The Hall–Kier alpha value is -0.290. The first kappa shape index (κ1) is 11.8. The highest BCUT2D eigenvalue weighted by atomic mass is 19.4. The van der Waals surface area contributed by atoms with Gasteiger partial charge >= 0.3 is 6.18 Å². The fourth-order valence-electron chi connectivity index (χ4n) is 1.45.